The van der Waals surface area contributed by atoms with Gasteiger partial charge in [0.2, 0.25) is 5.91 Å². The zero-order chi connectivity index (χ0) is 25.4. The first-order chi connectivity index (χ1) is 18.1. The van der Waals surface area contributed by atoms with Crippen molar-refractivity contribution in [3.8, 4) is 11.3 Å². The molecule has 0 fully saturated rings. The number of hydrogen-bond acceptors (Lipinski definition) is 6. The van der Waals surface area contributed by atoms with Crippen LogP contribution in [0.3, 0.4) is 0 Å². The maximum atomic E-state index is 12.2. The van der Waals surface area contributed by atoms with Crippen LogP contribution in [0.5, 0.6) is 0 Å². The summed E-state index contributed by atoms with van der Waals surface area (Å²) in [6.07, 6.45) is 1.53. The number of nitrogens with zero attached hydrogens (tertiary/aromatic N) is 2. The fourth-order valence-corrected chi connectivity index (χ4v) is 4.64. The van der Waals surface area contributed by atoms with Gasteiger partial charge in [-0.15, -0.1) is 0 Å². The van der Waals surface area contributed by atoms with Crippen molar-refractivity contribution in [2.45, 2.75) is 5.92 Å². The Morgan fingerprint density at radius 1 is 0.811 bits per heavy atom. The van der Waals surface area contributed by atoms with Gasteiger partial charge < -0.3 is 21.2 Å². The highest BCUT2D eigenvalue weighted by Crippen LogP contribution is 2.35. The molecule has 0 bridgehead atoms. The first-order valence-electron chi connectivity index (χ1n) is 11.8. The first kappa shape index (κ1) is 22.3. The Bertz CT molecular complexity index is 1740. The Hall–Kier alpha value is -5.17. The van der Waals surface area contributed by atoms with Crippen LogP contribution in [0.2, 0.25) is 0 Å². The summed E-state index contributed by atoms with van der Waals surface area (Å²) in [6.45, 7) is 0. The molecule has 0 saturated carbocycles. The van der Waals surface area contributed by atoms with E-state index in [2.05, 4.69) is 27.4 Å². The molecule has 2 aromatic heterocycles. The summed E-state index contributed by atoms with van der Waals surface area (Å²) >= 11 is 0. The quantitative estimate of drug-likeness (QED) is 0.249. The number of carbonyl (C=O) groups excluding carboxylic acids is 1. The number of benzene rings is 4. The van der Waals surface area contributed by atoms with E-state index in [0.29, 0.717) is 11.5 Å². The summed E-state index contributed by atoms with van der Waals surface area (Å²) in [7, 11) is 0. The molecule has 7 nitrogen and oxygen atoms in total. The molecule has 0 aliphatic heterocycles. The Balaban J connectivity index is 1.28. The molecule has 1 amide bonds. The summed E-state index contributed by atoms with van der Waals surface area (Å²) in [5.74, 6) is -0.355. The monoisotopic (exact) mass is 485 g/mol. The lowest BCUT2D eigenvalue weighted by molar-refractivity contribution is -0.118. The van der Waals surface area contributed by atoms with Crippen molar-refractivity contribution in [2.24, 2.45) is 5.73 Å². The van der Waals surface area contributed by atoms with Crippen LogP contribution in [0.15, 0.2) is 108 Å². The molecule has 1 unspecified atom stereocenters. The molecule has 0 radical (unpaired) electrons. The van der Waals surface area contributed by atoms with Crippen molar-refractivity contribution >= 4 is 45.0 Å². The fourth-order valence-electron chi connectivity index (χ4n) is 4.64. The maximum Gasteiger partial charge on any atom is 0.229 e. The highest BCUT2D eigenvalue weighted by molar-refractivity contribution is 6.09. The third kappa shape index (κ3) is 4.23. The van der Waals surface area contributed by atoms with Crippen molar-refractivity contribution in [3.05, 3.63) is 115 Å². The minimum Gasteiger partial charge on any atom is -0.455 e. The number of primary amides is 1. The molecule has 6 rings (SSSR count). The van der Waals surface area contributed by atoms with Gasteiger partial charge in [-0.3, -0.25) is 4.79 Å². The average Bonchev–Trinajstić information content (AvgIpc) is 3.30. The van der Waals surface area contributed by atoms with Crippen LogP contribution in [0.25, 0.3) is 33.2 Å². The van der Waals surface area contributed by atoms with Crippen LogP contribution in [-0.2, 0) is 4.79 Å². The van der Waals surface area contributed by atoms with E-state index in [0.717, 1.165) is 50.0 Å². The van der Waals surface area contributed by atoms with Crippen LogP contribution >= 0.6 is 0 Å². The molecule has 37 heavy (non-hydrogen) atoms. The number of aromatic nitrogens is 2. The highest BCUT2D eigenvalue weighted by Gasteiger charge is 2.20. The molecular weight excluding hydrogens is 462 g/mol. The maximum absolute atomic E-state index is 12.2. The lowest BCUT2D eigenvalue weighted by Crippen LogP contribution is -2.22. The number of nitrogens with two attached hydrogens (primary N) is 2. The van der Waals surface area contributed by atoms with Crippen LogP contribution in [0.1, 0.15) is 17.0 Å². The summed E-state index contributed by atoms with van der Waals surface area (Å²) in [5, 5.41) is 5.43. The van der Waals surface area contributed by atoms with Gasteiger partial charge in [0.1, 0.15) is 23.3 Å². The van der Waals surface area contributed by atoms with E-state index in [1.165, 1.54) is 6.33 Å². The molecule has 1 atom stereocenters. The topological polar surface area (TPSA) is 120 Å². The second-order valence-corrected chi connectivity index (χ2v) is 8.82. The van der Waals surface area contributed by atoms with E-state index in [1.54, 1.807) is 12.1 Å². The average molecular weight is 486 g/mol. The predicted molar refractivity (Wildman–Crippen MR) is 146 cm³/mol. The van der Waals surface area contributed by atoms with Crippen LogP contribution in [0.4, 0.5) is 17.2 Å². The summed E-state index contributed by atoms with van der Waals surface area (Å²) in [4.78, 5) is 21.1. The van der Waals surface area contributed by atoms with E-state index in [-0.39, 0.29) is 0 Å². The SMILES string of the molecule is NC(=O)C(c1ccc(N)cc1)c1ccc(Nc2cc(-c3cccc4c3oc3ccccc34)ncn2)cc1. The summed E-state index contributed by atoms with van der Waals surface area (Å²) in [6, 6.07) is 30.6. The number of hydrogen-bond donors (Lipinski definition) is 3. The minimum atomic E-state index is -0.565. The van der Waals surface area contributed by atoms with Crippen molar-refractivity contribution in [1.82, 2.24) is 9.97 Å². The number of nitrogen functional groups attached to an aromatic ring is 1. The number of amides is 1. The Labute approximate surface area is 212 Å². The van der Waals surface area contributed by atoms with Gasteiger partial charge in [-0.25, -0.2) is 9.97 Å². The van der Waals surface area contributed by atoms with Gasteiger partial charge in [-0.1, -0.05) is 54.6 Å². The van der Waals surface area contributed by atoms with Crippen molar-refractivity contribution in [1.29, 1.82) is 0 Å². The summed E-state index contributed by atoms with van der Waals surface area (Å²) in [5.41, 5.74) is 17.8. The van der Waals surface area contributed by atoms with Gasteiger partial charge in [0.15, 0.2) is 0 Å². The minimum absolute atomic E-state index is 0.425. The molecule has 180 valence electrons. The number of carbonyl (C=O) groups is 1. The predicted octanol–water partition coefficient (Wildman–Crippen LogP) is 5.99. The number of para-hydroxylation sites is 2. The normalized spacial score (nSPS) is 12.0. The fraction of sp³-hybridized carbons (Fsp3) is 0.0333. The van der Waals surface area contributed by atoms with E-state index in [9.17, 15) is 4.79 Å². The van der Waals surface area contributed by atoms with E-state index in [1.807, 2.05) is 72.8 Å². The molecule has 6 aromatic rings. The number of fused-ring (bicyclic) bond motifs is 3. The summed E-state index contributed by atoms with van der Waals surface area (Å²) < 4.78 is 6.17. The molecule has 5 N–H and O–H groups in total. The van der Waals surface area contributed by atoms with E-state index >= 15 is 0 Å². The second-order valence-electron chi connectivity index (χ2n) is 8.82. The highest BCUT2D eigenvalue weighted by atomic mass is 16.3. The third-order valence-corrected chi connectivity index (χ3v) is 6.42. The van der Waals surface area contributed by atoms with Crippen LogP contribution in [0, 0.1) is 0 Å². The zero-order valence-corrected chi connectivity index (χ0v) is 19.8. The molecule has 2 heterocycles. The van der Waals surface area contributed by atoms with Crippen molar-refractivity contribution in [2.75, 3.05) is 11.1 Å². The van der Waals surface area contributed by atoms with Gasteiger partial charge in [-0.05, 0) is 47.5 Å². The van der Waals surface area contributed by atoms with Crippen molar-refractivity contribution in [3.63, 3.8) is 0 Å². The Morgan fingerprint density at radius 2 is 1.51 bits per heavy atom. The smallest absolute Gasteiger partial charge is 0.229 e. The Morgan fingerprint density at radius 3 is 2.27 bits per heavy atom. The van der Waals surface area contributed by atoms with Crippen LogP contribution < -0.4 is 16.8 Å². The van der Waals surface area contributed by atoms with Gasteiger partial charge >= 0.3 is 0 Å². The molecule has 0 spiro atoms. The van der Waals surface area contributed by atoms with Gasteiger partial charge in [0.05, 0.1) is 11.6 Å². The van der Waals surface area contributed by atoms with Crippen molar-refractivity contribution < 1.29 is 9.21 Å². The van der Waals surface area contributed by atoms with Gasteiger partial charge in [0, 0.05) is 33.8 Å². The lowest BCUT2D eigenvalue weighted by Gasteiger charge is -2.15. The Kier molecular flexibility index (Phi) is 5.50. The standard InChI is InChI=1S/C30H23N5O2/c31-20-12-8-18(9-13-20)28(30(32)36)19-10-14-21(15-11-19)35-27-16-25(33-17-34-27)24-6-3-5-23-22-4-1-2-7-26(22)37-29(23)24/h1-17,28H,31H2,(H2,32,36)(H,33,34,35). The zero-order valence-electron chi connectivity index (χ0n) is 19.8. The number of nitrogens with one attached hydrogen (secondary N) is 1. The number of furan rings is 1. The molecule has 0 aliphatic carbocycles. The molecule has 7 heteroatoms. The van der Waals surface area contributed by atoms with Gasteiger partial charge in [0.25, 0.3) is 0 Å². The first-order valence-corrected chi connectivity index (χ1v) is 11.8. The van der Waals surface area contributed by atoms with E-state index < -0.39 is 11.8 Å². The molecule has 0 aliphatic rings. The molecular formula is C30H23N5O2. The second kappa shape index (κ2) is 9.13. The third-order valence-electron chi connectivity index (χ3n) is 6.42. The number of rotatable bonds is 6. The van der Waals surface area contributed by atoms with Crippen LogP contribution in [-0.4, -0.2) is 15.9 Å². The largest absolute Gasteiger partial charge is 0.455 e. The molecule has 4 aromatic carbocycles. The molecule has 0 saturated heterocycles. The number of anilines is 3. The van der Waals surface area contributed by atoms with E-state index in [4.69, 9.17) is 15.9 Å². The lowest BCUT2D eigenvalue weighted by atomic mass is 9.90. The van der Waals surface area contributed by atoms with Gasteiger partial charge in [-0.2, -0.15) is 0 Å².